The fourth-order valence-corrected chi connectivity index (χ4v) is 2.59. The highest BCUT2D eigenvalue weighted by atomic mass is 79.9. The smallest absolute Gasteiger partial charge is 0.251 e. The van der Waals surface area contributed by atoms with Crippen LogP contribution in [0.4, 0.5) is 0 Å². The Kier molecular flexibility index (Phi) is 5.53. The van der Waals surface area contributed by atoms with Crippen molar-refractivity contribution in [2.75, 3.05) is 14.1 Å². The third-order valence-electron chi connectivity index (χ3n) is 3.19. The molecule has 1 amide bonds. The summed E-state index contributed by atoms with van der Waals surface area (Å²) < 4.78 is 0.909. The van der Waals surface area contributed by atoms with E-state index in [2.05, 4.69) is 47.5 Å². The Morgan fingerprint density at radius 2 is 1.81 bits per heavy atom. The second-order valence-corrected chi connectivity index (χ2v) is 6.26. The van der Waals surface area contributed by atoms with Gasteiger partial charge in [0.05, 0.1) is 14.1 Å². The summed E-state index contributed by atoms with van der Waals surface area (Å²) in [6.07, 6.45) is 0. The first-order valence-electron chi connectivity index (χ1n) is 6.96. The van der Waals surface area contributed by atoms with Gasteiger partial charge in [0.2, 0.25) is 0 Å². The van der Waals surface area contributed by atoms with E-state index >= 15 is 0 Å². The Balaban J connectivity index is 2.04. The third kappa shape index (κ3) is 4.69. The van der Waals surface area contributed by atoms with Crippen LogP contribution in [0.5, 0.6) is 0 Å². The van der Waals surface area contributed by atoms with Gasteiger partial charge in [0, 0.05) is 22.1 Å². The fraction of sp³-hybridized carbons (Fsp3) is 0.235. The molecule has 0 spiro atoms. The summed E-state index contributed by atoms with van der Waals surface area (Å²) in [5, 5.41) is 2.99. The molecule has 3 nitrogen and oxygen atoms in total. The second-order valence-electron chi connectivity index (χ2n) is 5.35. The lowest BCUT2D eigenvalue weighted by molar-refractivity contribution is -0.872. The molecule has 0 bridgehead atoms. The van der Waals surface area contributed by atoms with Crippen molar-refractivity contribution in [2.45, 2.75) is 13.1 Å². The highest BCUT2D eigenvalue weighted by Crippen LogP contribution is 2.12. The van der Waals surface area contributed by atoms with Crippen molar-refractivity contribution < 1.29 is 9.69 Å². The van der Waals surface area contributed by atoms with Gasteiger partial charge in [-0.25, -0.2) is 0 Å². The van der Waals surface area contributed by atoms with Crippen LogP contribution in [0.2, 0.25) is 0 Å². The van der Waals surface area contributed by atoms with E-state index in [1.807, 2.05) is 36.4 Å². The molecule has 0 atom stereocenters. The predicted octanol–water partition coefficient (Wildman–Crippen LogP) is 2.02. The van der Waals surface area contributed by atoms with Crippen LogP contribution in [0.15, 0.2) is 53.0 Å². The standard InChI is InChI=1S/C17H19BrN2O/c1-20(2)12-15-7-4-3-6-14(15)11-19-17(21)13-8-5-9-16(18)10-13/h3-10H,11-12H2,1-2H3,(H,19,21)/p+1. The number of halogens is 1. The molecule has 0 saturated carbocycles. The number of nitrogens with one attached hydrogen (secondary N) is 2. The molecule has 0 fully saturated rings. The molecule has 0 radical (unpaired) electrons. The first-order valence-corrected chi connectivity index (χ1v) is 7.75. The minimum Gasteiger partial charge on any atom is -0.348 e. The van der Waals surface area contributed by atoms with Gasteiger partial charge in [-0.3, -0.25) is 4.79 Å². The van der Waals surface area contributed by atoms with E-state index in [0.29, 0.717) is 12.1 Å². The van der Waals surface area contributed by atoms with E-state index in [4.69, 9.17) is 0 Å². The first-order chi connectivity index (χ1) is 10.1. The van der Waals surface area contributed by atoms with E-state index in [1.165, 1.54) is 16.0 Å². The minimum absolute atomic E-state index is 0.0525. The number of hydrogen-bond acceptors (Lipinski definition) is 1. The molecule has 0 aliphatic heterocycles. The molecule has 2 N–H and O–H groups in total. The Bertz CT molecular complexity index is 626. The summed E-state index contributed by atoms with van der Waals surface area (Å²) in [5.74, 6) is -0.0525. The summed E-state index contributed by atoms with van der Waals surface area (Å²) in [6, 6.07) is 15.6. The van der Waals surface area contributed by atoms with Crippen LogP contribution in [0.25, 0.3) is 0 Å². The zero-order chi connectivity index (χ0) is 15.2. The van der Waals surface area contributed by atoms with Crippen molar-refractivity contribution in [1.82, 2.24) is 5.32 Å². The van der Waals surface area contributed by atoms with Crippen molar-refractivity contribution in [3.8, 4) is 0 Å². The summed E-state index contributed by atoms with van der Waals surface area (Å²) >= 11 is 3.38. The maximum atomic E-state index is 12.2. The normalized spacial score (nSPS) is 10.7. The molecule has 0 saturated heterocycles. The zero-order valence-electron chi connectivity index (χ0n) is 12.3. The van der Waals surface area contributed by atoms with Crippen molar-refractivity contribution >= 4 is 21.8 Å². The largest absolute Gasteiger partial charge is 0.348 e. The van der Waals surface area contributed by atoms with Crippen LogP contribution in [-0.2, 0) is 13.1 Å². The molecule has 2 rings (SSSR count). The highest BCUT2D eigenvalue weighted by Gasteiger charge is 2.09. The maximum Gasteiger partial charge on any atom is 0.251 e. The summed E-state index contributed by atoms with van der Waals surface area (Å²) in [7, 11) is 4.24. The molecule has 0 aliphatic carbocycles. The lowest BCUT2D eigenvalue weighted by Crippen LogP contribution is -3.04. The van der Waals surface area contributed by atoms with Crippen LogP contribution < -0.4 is 10.2 Å². The molecule has 0 aliphatic rings. The van der Waals surface area contributed by atoms with Gasteiger partial charge in [-0.2, -0.15) is 0 Å². The highest BCUT2D eigenvalue weighted by molar-refractivity contribution is 9.10. The number of amides is 1. The van der Waals surface area contributed by atoms with Gasteiger partial charge < -0.3 is 10.2 Å². The van der Waals surface area contributed by atoms with E-state index in [1.54, 1.807) is 0 Å². The van der Waals surface area contributed by atoms with Gasteiger partial charge in [0.25, 0.3) is 5.91 Å². The Hall–Kier alpha value is -1.65. The summed E-state index contributed by atoms with van der Waals surface area (Å²) in [4.78, 5) is 13.5. The molecule has 2 aromatic rings. The molecule has 0 heterocycles. The van der Waals surface area contributed by atoms with Crippen molar-refractivity contribution in [1.29, 1.82) is 0 Å². The van der Waals surface area contributed by atoms with Crippen molar-refractivity contribution in [3.63, 3.8) is 0 Å². The van der Waals surface area contributed by atoms with Gasteiger partial charge >= 0.3 is 0 Å². The zero-order valence-corrected chi connectivity index (χ0v) is 13.9. The quantitative estimate of drug-likeness (QED) is 0.852. The monoisotopic (exact) mass is 347 g/mol. The van der Waals surface area contributed by atoms with E-state index in [0.717, 1.165) is 11.0 Å². The topological polar surface area (TPSA) is 33.5 Å². The number of benzene rings is 2. The van der Waals surface area contributed by atoms with Crippen molar-refractivity contribution in [3.05, 3.63) is 69.7 Å². The maximum absolute atomic E-state index is 12.2. The lowest BCUT2D eigenvalue weighted by Gasteiger charge is -2.13. The Morgan fingerprint density at radius 3 is 2.48 bits per heavy atom. The number of rotatable bonds is 5. The molecule has 2 aromatic carbocycles. The van der Waals surface area contributed by atoms with Gasteiger partial charge in [-0.05, 0) is 23.8 Å². The number of hydrogen-bond donors (Lipinski definition) is 2. The van der Waals surface area contributed by atoms with Gasteiger partial charge in [-0.15, -0.1) is 0 Å². The van der Waals surface area contributed by atoms with Crippen LogP contribution in [0.1, 0.15) is 21.5 Å². The third-order valence-corrected chi connectivity index (χ3v) is 3.68. The van der Waals surface area contributed by atoms with Gasteiger partial charge in [-0.1, -0.05) is 46.3 Å². The van der Waals surface area contributed by atoms with Crippen LogP contribution >= 0.6 is 15.9 Å². The Morgan fingerprint density at radius 1 is 1.10 bits per heavy atom. The van der Waals surface area contributed by atoms with Crippen LogP contribution in [0, 0.1) is 0 Å². The van der Waals surface area contributed by atoms with Crippen LogP contribution in [-0.4, -0.2) is 20.0 Å². The predicted molar refractivity (Wildman–Crippen MR) is 88.3 cm³/mol. The summed E-state index contributed by atoms with van der Waals surface area (Å²) in [5.41, 5.74) is 3.11. The molecule has 21 heavy (non-hydrogen) atoms. The number of carbonyl (C=O) groups is 1. The fourth-order valence-electron chi connectivity index (χ4n) is 2.19. The lowest BCUT2D eigenvalue weighted by atomic mass is 10.1. The SMILES string of the molecule is C[NH+](C)Cc1ccccc1CNC(=O)c1cccc(Br)c1. The molecule has 0 unspecified atom stereocenters. The van der Waals surface area contributed by atoms with Crippen LogP contribution in [0.3, 0.4) is 0 Å². The van der Waals surface area contributed by atoms with E-state index in [-0.39, 0.29) is 5.91 Å². The average molecular weight is 348 g/mol. The second kappa shape index (κ2) is 7.38. The van der Waals surface area contributed by atoms with Crippen molar-refractivity contribution in [2.24, 2.45) is 0 Å². The molecular weight excluding hydrogens is 328 g/mol. The number of carbonyl (C=O) groups excluding carboxylic acids is 1. The summed E-state index contributed by atoms with van der Waals surface area (Å²) in [6.45, 7) is 1.50. The van der Waals surface area contributed by atoms with E-state index in [9.17, 15) is 4.79 Å². The molecule has 4 heteroatoms. The van der Waals surface area contributed by atoms with Gasteiger partial charge in [0.15, 0.2) is 0 Å². The average Bonchev–Trinajstić information content (AvgIpc) is 2.45. The molecule has 110 valence electrons. The minimum atomic E-state index is -0.0525. The van der Waals surface area contributed by atoms with Gasteiger partial charge in [0.1, 0.15) is 6.54 Å². The Labute approximate surface area is 134 Å². The molecular formula is C17H20BrN2O+. The number of quaternary nitrogens is 1. The van der Waals surface area contributed by atoms with E-state index < -0.39 is 0 Å². The first kappa shape index (κ1) is 15.7. The molecule has 0 aromatic heterocycles.